The molecule has 3 rings (SSSR count). The second kappa shape index (κ2) is 8.10. The molecule has 2 atom stereocenters. The Morgan fingerprint density at radius 3 is 2.96 bits per heavy atom. The molecule has 5 heteroatoms. The van der Waals surface area contributed by atoms with Crippen LogP contribution in [0, 0.1) is 0 Å². The molecule has 0 bridgehead atoms. The lowest BCUT2D eigenvalue weighted by molar-refractivity contribution is -0.127. The SMILES string of the molecule is CC[C@H](C)c1noc([C@@H]2CCCN(C(=O)/C=C/c3ccccc3)C2)n1. The molecule has 5 nitrogen and oxygen atoms in total. The highest BCUT2D eigenvalue weighted by Crippen LogP contribution is 2.27. The van der Waals surface area contributed by atoms with Crippen LogP contribution in [0.2, 0.25) is 0 Å². The molecule has 2 heterocycles. The van der Waals surface area contributed by atoms with Crippen molar-refractivity contribution >= 4 is 12.0 Å². The van der Waals surface area contributed by atoms with E-state index in [0.29, 0.717) is 18.4 Å². The Morgan fingerprint density at radius 2 is 2.20 bits per heavy atom. The van der Waals surface area contributed by atoms with Crippen LogP contribution in [0.15, 0.2) is 40.9 Å². The van der Waals surface area contributed by atoms with Crippen molar-refractivity contribution in [3.8, 4) is 0 Å². The van der Waals surface area contributed by atoms with Crippen molar-refractivity contribution in [2.45, 2.75) is 44.9 Å². The fraction of sp³-hybridized carbons (Fsp3) is 0.450. The molecule has 1 aromatic heterocycles. The van der Waals surface area contributed by atoms with E-state index in [0.717, 1.165) is 37.2 Å². The largest absolute Gasteiger partial charge is 0.339 e. The number of hydrogen-bond acceptors (Lipinski definition) is 4. The summed E-state index contributed by atoms with van der Waals surface area (Å²) in [4.78, 5) is 18.9. The fourth-order valence-electron chi connectivity index (χ4n) is 3.01. The molecule has 2 aromatic rings. The van der Waals surface area contributed by atoms with Crippen molar-refractivity contribution in [2.24, 2.45) is 0 Å². The van der Waals surface area contributed by atoms with Gasteiger partial charge in [0.25, 0.3) is 0 Å². The van der Waals surface area contributed by atoms with Crippen molar-refractivity contribution in [1.82, 2.24) is 15.0 Å². The molecule has 1 aromatic carbocycles. The van der Waals surface area contributed by atoms with Gasteiger partial charge in [0.05, 0.1) is 5.92 Å². The maximum atomic E-state index is 12.5. The summed E-state index contributed by atoms with van der Waals surface area (Å²) in [5, 5.41) is 4.10. The number of hydrogen-bond donors (Lipinski definition) is 0. The molecule has 1 saturated heterocycles. The first-order valence-electron chi connectivity index (χ1n) is 9.03. The molecule has 132 valence electrons. The van der Waals surface area contributed by atoms with Crippen molar-refractivity contribution in [3.63, 3.8) is 0 Å². The minimum absolute atomic E-state index is 0.0372. The van der Waals surface area contributed by atoms with E-state index in [2.05, 4.69) is 24.0 Å². The highest BCUT2D eigenvalue weighted by molar-refractivity contribution is 5.91. The maximum absolute atomic E-state index is 12.5. The zero-order valence-corrected chi connectivity index (χ0v) is 14.9. The Morgan fingerprint density at radius 1 is 1.40 bits per heavy atom. The minimum atomic E-state index is 0.0372. The Bertz CT molecular complexity index is 724. The van der Waals surface area contributed by atoms with E-state index in [4.69, 9.17) is 4.52 Å². The Labute approximate surface area is 148 Å². The number of rotatable bonds is 5. The molecule has 0 spiro atoms. The van der Waals surface area contributed by atoms with Crippen LogP contribution in [-0.4, -0.2) is 34.0 Å². The summed E-state index contributed by atoms with van der Waals surface area (Å²) in [7, 11) is 0. The molecule has 0 N–H and O–H groups in total. The number of benzene rings is 1. The van der Waals surface area contributed by atoms with Gasteiger partial charge in [-0.3, -0.25) is 4.79 Å². The van der Waals surface area contributed by atoms with Gasteiger partial charge in [0.1, 0.15) is 0 Å². The minimum Gasteiger partial charge on any atom is -0.339 e. The first-order valence-corrected chi connectivity index (χ1v) is 9.03. The number of likely N-dealkylation sites (tertiary alicyclic amines) is 1. The predicted octanol–water partition coefficient (Wildman–Crippen LogP) is 4.00. The first kappa shape index (κ1) is 17.4. The third-order valence-electron chi connectivity index (χ3n) is 4.81. The van der Waals surface area contributed by atoms with Gasteiger partial charge in [-0.1, -0.05) is 49.3 Å². The number of amides is 1. The predicted molar refractivity (Wildman–Crippen MR) is 97.0 cm³/mol. The van der Waals surface area contributed by atoms with Crippen molar-refractivity contribution in [3.05, 3.63) is 53.7 Å². The molecule has 1 aliphatic rings. The average Bonchev–Trinajstić information content (AvgIpc) is 3.16. The van der Waals surface area contributed by atoms with E-state index in [1.807, 2.05) is 41.3 Å². The Kier molecular flexibility index (Phi) is 5.64. The third-order valence-corrected chi connectivity index (χ3v) is 4.81. The number of carbonyl (C=O) groups is 1. The second-order valence-electron chi connectivity index (χ2n) is 6.67. The molecule has 0 saturated carbocycles. The van der Waals surface area contributed by atoms with Crippen molar-refractivity contribution in [2.75, 3.05) is 13.1 Å². The molecule has 0 unspecified atom stereocenters. The van der Waals surface area contributed by atoms with Crippen LogP contribution in [0.25, 0.3) is 6.08 Å². The number of aromatic nitrogens is 2. The van der Waals surface area contributed by atoms with Gasteiger partial charge in [0.15, 0.2) is 5.82 Å². The summed E-state index contributed by atoms with van der Waals surface area (Å²) in [5.41, 5.74) is 1.03. The van der Waals surface area contributed by atoms with E-state index in [1.165, 1.54) is 0 Å². The molecule has 1 aliphatic heterocycles. The van der Waals surface area contributed by atoms with E-state index >= 15 is 0 Å². The topological polar surface area (TPSA) is 59.2 Å². The average molecular weight is 339 g/mol. The summed E-state index contributed by atoms with van der Waals surface area (Å²) in [6, 6.07) is 9.86. The molecular formula is C20H25N3O2. The summed E-state index contributed by atoms with van der Waals surface area (Å²) < 4.78 is 5.47. The van der Waals surface area contributed by atoms with Crippen LogP contribution < -0.4 is 0 Å². The summed E-state index contributed by atoms with van der Waals surface area (Å²) in [5.74, 6) is 1.90. The van der Waals surface area contributed by atoms with Gasteiger partial charge in [-0.05, 0) is 30.9 Å². The van der Waals surface area contributed by atoms with Gasteiger partial charge in [0.2, 0.25) is 11.8 Å². The lowest BCUT2D eigenvalue weighted by Crippen LogP contribution is -2.38. The summed E-state index contributed by atoms with van der Waals surface area (Å²) in [6.07, 6.45) is 6.43. The van der Waals surface area contributed by atoms with E-state index in [-0.39, 0.29) is 11.8 Å². The van der Waals surface area contributed by atoms with Crippen LogP contribution in [-0.2, 0) is 4.79 Å². The van der Waals surface area contributed by atoms with E-state index in [9.17, 15) is 4.79 Å². The normalized spacial score (nSPS) is 19.3. The van der Waals surface area contributed by atoms with Gasteiger partial charge in [0, 0.05) is 25.1 Å². The van der Waals surface area contributed by atoms with Gasteiger partial charge in [-0.25, -0.2) is 0 Å². The Hall–Kier alpha value is -2.43. The zero-order chi connectivity index (χ0) is 17.6. The lowest BCUT2D eigenvalue weighted by Gasteiger charge is -2.30. The fourth-order valence-corrected chi connectivity index (χ4v) is 3.01. The monoisotopic (exact) mass is 339 g/mol. The first-order chi connectivity index (χ1) is 12.2. The molecule has 0 aliphatic carbocycles. The van der Waals surface area contributed by atoms with Crippen LogP contribution in [0.4, 0.5) is 0 Å². The van der Waals surface area contributed by atoms with E-state index < -0.39 is 0 Å². The molecular weight excluding hydrogens is 314 g/mol. The quantitative estimate of drug-likeness (QED) is 0.773. The highest BCUT2D eigenvalue weighted by Gasteiger charge is 2.28. The zero-order valence-electron chi connectivity index (χ0n) is 14.9. The van der Waals surface area contributed by atoms with Gasteiger partial charge < -0.3 is 9.42 Å². The van der Waals surface area contributed by atoms with E-state index in [1.54, 1.807) is 6.08 Å². The second-order valence-corrected chi connectivity index (χ2v) is 6.67. The molecule has 0 radical (unpaired) electrons. The van der Waals surface area contributed by atoms with Crippen molar-refractivity contribution in [1.29, 1.82) is 0 Å². The van der Waals surface area contributed by atoms with Crippen LogP contribution >= 0.6 is 0 Å². The summed E-state index contributed by atoms with van der Waals surface area (Å²) in [6.45, 7) is 5.63. The van der Waals surface area contributed by atoms with Gasteiger partial charge in [-0.2, -0.15) is 4.98 Å². The highest BCUT2D eigenvalue weighted by atomic mass is 16.5. The Balaban J connectivity index is 1.63. The number of nitrogens with zero attached hydrogens (tertiary/aromatic N) is 3. The van der Waals surface area contributed by atoms with Crippen molar-refractivity contribution < 1.29 is 9.32 Å². The number of piperidine rings is 1. The molecule has 1 fully saturated rings. The van der Waals surface area contributed by atoms with Crippen LogP contribution in [0.3, 0.4) is 0 Å². The van der Waals surface area contributed by atoms with Gasteiger partial charge in [-0.15, -0.1) is 0 Å². The number of carbonyl (C=O) groups excluding carboxylic acids is 1. The summed E-state index contributed by atoms with van der Waals surface area (Å²) >= 11 is 0. The van der Waals surface area contributed by atoms with Gasteiger partial charge >= 0.3 is 0 Å². The molecule has 25 heavy (non-hydrogen) atoms. The van der Waals surface area contributed by atoms with Crippen LogP contribution in [0.1, 0.15) is 62.2 Å². The maximum Gasteiger partial charge on any atom is 0.246 e. The lowest BCUT2D eigenvalue weighted by atomic mass is 9.97. The third kappa shape index (κ3) is 4.35. The van der Waals surface area contributed by atoms with Crippen LogP contribution in [0.5, 0.6) is 0 Å². The smallest absolute Gasteiger partial charge is 0.246 e. The standard InChI is InChI=1S/C20H25N3O2/c1-3-15(2)19-21-20(25-22-19)17-10-7-13-23(14-17)18(24)12-11-16-8-5-4-6-9-16/h4-6,8-9,11-12,15,17H,3,7,10,13-14H2,1-2H3/b12-11+/t15-,17+/m0/s1. The molecule has 1 amide bonds.